The van der Waals surface area contributed by atoms with Crippen LogP contribution in [0.5, 0.6) is 0 Å². The molecule has 7 heteroatoms. The van der Waals surface area contributed by atoms with Crippen LogP contribution in [-0.4, -0.2) is 64.5 Å². The molecule has 4 aromatic carbocycles. The van der Waals surface area contributed by atoms with E-state index in [1.54, 1.807) is 0 Å². The highest BCUT2D eigenvalue weighted by molar-refractivity contribution is 6.08. The average Bonchev–Trinajstić information content (AvgIpc) is 3.64. The lowest BCUT2D eigenvalue weighted by Crippen LogP contribution is -2.45. The van der Waals surface area contributed by atoms with Crippen LogP contribution in [0.1, 0.15) is 71.9 Å². The molecule has 2 heterocycles. The first-order chi connectivity index (χ1) is 25.5. The van der Waals surface area contributed by atoms with Gasteiger partial charge >= 0.3 is 0 Å². The summed E-state index contributed by atoms with van der Waals surface area (Å²) >= 11 is 0. The van der Waals surface area contributed by atoms with Gasteiger partial charge < -0.3 is 4.90 Å². The molecule has 0 bridgehead atoms. The van der Waals surface area contributed by atoms with Crippen molar-refractivity contribution in [3.63, 3.8) is 0 Å². The quantitative estimate of drug-likeness (QED) is 0.178. The summed E-state index contributed by atoms with van der Waals surface area (Å²) in [4.78, 5) is 55.7. The summed E-state index contributed by atoms with van der Waals surface area (Å²) in [5, 5.41) is 0. The Morgan fingerprint density at radius 3 is 1.44 bits per heavy atom. The molecule has 282 valence electrons. The summed E-state index contributed by atoms with van der Waals surface area (Å²) in [5.41, 5.74) is 6.55. The number of hydrogen-bond donors (Lipinski definition) is 0. The van der Waals surface area contributed by atoms with Gasteiger partial charge in [0.25, 0.3) is 5.91 Å². The summed E-state index contributed by atoms with van der Waals surface area (Å²) in [7, 11) is 3.79. The molecule has 0 unspecified atom stereocenters. The van der Waals surface area contributed by atoms with Crippen LogP contribution in [-0.2, 0) is 32.0 Å². The average molecular weight is 726 g/mol. The number of hydrogen-bond acceptors (Lipinski definition) is 5. The van der Waals surface area contributed by atoms with Crippen LogP contribution >= 0.6 is 0 Å². The Bertz CT molecular complexity index is 1950. The zero-order valence-electron chi connectivity index (χ0n) is 33.1. The SMILES string of the molecule is CC(C)(C)C(=O)N1C(=O)CC[C@H]1Cc1ccc(-c2ccccc2)cc1.CN(C)C=C1C[C@@H](Cc2ccc(-c3ccccc3)cc2)N(C(=O)C(C)(C)C)C1=O. The summed E-state index contributed by atoms with van der Waals surface area (Å²) in [6.45, 7) is 11.2. The molecule has 2 aliphatic rings. The fourth-order valence-electron chi connectivity index (χ4n) is 7.00. The molecular formula is C47H55N3O4. The Morgan fingerprint density at radius 2 is 1.02 bits per heavy atom. The van der Waals surface area contributed by atoms with Gasteiger partial charge in [-0.2, -0.15) is 0 Å². The lowest BCUT2D eigenvalue weighted by atomic mass is 9.93. The van der Waals surface area contributed by atoms with Crippen molar-refractivity contribution in [1.29, 1.82) is 0 Å². The van der Waals surface area contributed by atoms with Gasteiger partial charge in [0, 0.05) is 61.6 Å². The van der Waals surface area contributed by atoms with E-state index in [4.69, 9.17) is 0 Å². The Morgan fingerprint density at radius 1 is 0.611 bits per heavy atom. The topological polar surface area (TPSA) is 78.0 Å². The second-order valence-electron chi connectivity index (χ2n) is 16.8. The number of carbonyl (C=O) groups is 4. The molecule has 2 saturated heterocycles. The standard InChI is InChI=1S/C25H30N2O2.C22H25NO2/c1-25(2,3)24(29)27-22(16-21(23(27)28)17-26(4)5)15-18-11-13-20(14-12-18)19-9-7-6-8-10-19;1-22(2,3)21(25)23-19(13-14-20(23)24)15-16-9-11-18(12-10-16)17-7-5-4-6-8-17/h6-14,17,22H,15-16H2,1-5H3;4-12,19H,13-15H2,1-3H3/t22-;19-/m10/s1. The van der Waals surface area contributed by atoms with Crippen molar-refractivity contribution in [2.75, 3.05) is 14.1 Å². The fraction of sp³-hybridized carbons (Fsp3) is 0.362. The molecule has 2 atom stereocenters. The van der Waals surface area contributed by atoms with Crippen molar-refractivity contribution < 1.29 is 19.2 Å². The highest BCUT2D eigenvalue weighted by Gasteiger charge is 2.43. The molecule has 0 spiro atoms. The Balaban J connectivity index is 0.000000210. The van der Waals surface area contributed by atoms with Crippen molar-refractivity contribution >= 4 is 23.6 Å². The lowest BCUT2D eigenvalue weighted by molar-refractivity contribution is -0.150. The summed E-state index contributed by atoms with van der Waals surface area (Å²) in [5.74, 6) is -0.383. The third-order valence-electron chi connectivity index (χ3n) is 9.84. The van der Waals surface area contributed by atoms with Crippen molar-refractivity contribution in [3.8, 4) is 22.3 Å². The number of imide groups is 2. The van der Waals surface area contributed by atoms with Gasteiger partial charge in [-0.15, -0.1) is 0 Å². The van der Waals surface area contributed by atoms with Crippen LogP contribution < -0.4 is 0 Å². The van der Waals surface area contributed by atoms with Gasteiger partial charge in [0.2, 0.25) is 17.7 Å². The first-order valence-corrected chi connectivity index (χ1v) is 18.9. The molecule has 0 aliphatic carbocycles. The van der Waals surface area contributed by atoms with Crippen LogP contribution in [0.4, 0.5) is 0 Å². The minimum atomic E-state index is -0.599. The highest BCUT2D eigenvalue weighted by atomic mass is 16.2. The van der Waals surface area contributed by atoms with E-state index in [0.29, 0.717) is 24.8 Å². The van der Waals surface area contributed by atoms with Crippen molar-refractivity contribution in [3.05, 3.63) is 132 Å². The minimum absolute atomic E-state index is 0.0261. The first-order valence-electron chi connectivity index (χ1n) is 18.9. The van der Waals surface area contributed by atoms with Crippen LogP contribution in [0.2, 0.25) is 0 Å². The summed E-state index contributed by atoms with van der Waals surface area (Å²) in [6.07, 6.45) is 5.02. The predicted octanol–water partition coefficient (Wildman–Crippen LogP) is 8.98. The molecule has 4 amide bonds. The van der Waals surface area contributed by atoms with Gasteiger partial charge in [-0.25, -0.2) is 0 Å². The van der Waals surface area contributed by atoms with Crippen molar-refractivity contribution in [1.82, 2.24) is 14.7 Å². The highest BCUT2D eigenvalue weighted by Crippen LogP contribution is 2.33. The fourth-order valence-corrected chi connectivity index (χ4v) is 7.00. The number of rotatable bonds is 7. The molecule has 4 aromatic rings. The molecule has 0 radical (unpaired) electrons. The van der Waals surface area contributed by atoms with Crippen molar-refractivity contribution in [2.45, 2.75) is 85.7 Å². The van der Waals surface area contributed by atoms with Crippen molar-refractivity contribution in [2.24, 2.45) is 10.8 Å². The largest absolute Gasteiger partial charge is 0.383 e. The second-order valence-corrected chi connectivity index (χ2v) is 16.8. The summed E-state index contributed by atoms with van der Waals surface area (Å²) < 4.78 is 0. The van der Waals surface area contributed by atoms with Gasteiger partial charge in [0.15, 0.2) is 0 Å². The smallest absolute Gasteiger partial charge is 0.258 e. The lowest BCUT2D eigenvalue weighted by Gasteiger charge is -2.29. The van der Waals surface area contributed by atoms with Crippen LogP contribution in [0.25, 0.3) is 22.3 Å². The van der Waals surface area contributed by atoms with E-state index in [2.05, 4.69) is 72.8 Å². The molecule has 54 heavy (non-hydrogen) atoms. The molecule has 7 nitrogen and oxygen atoms in total. The van der Waals surface area contributed by atoms with Crippen LogP contribution in [0.15, 0.2) is 121 Å². The van der Waals surface area contributed by atoms with E-state index < -0.39 is 10.8 Å². The number of carbonyl (C=O) groups excluding carboxylic acids is 4. The molecule has 0 aromatic heterocycles. The number of likely N-dealkylation sites (tertiary alicyclic amines) is 2. The van der Waals surface area contributed by atoms with Crippen LogP contribution in [0.3, 0.4) is 0 Å². The summed E-state index contributed by atoms with van der Waals surface area (Å²) in [6, 6.07) is 37.2. The molecule has 2 fully saturated rings. The monoisotopic (exact) mass is 725 g/mol. The van der Waals surface area contributed by atoms with Crippen LogP contribution in [0, 0.1) is 10.8 Å². The second kappa shape index (κ2) is 16.8. The number of amides is 4. The van der Waals surface area contributed by atoms with E-state index >= 15 is 0 Å². The molecule has 2 aliphatic heterocycles. The van der Waals surface area contributed by atoms with E-state index in [0.717, 1.165) is 29.5 Å². The predicted molar refractivity (Wildman–Crippen MR) is 217 cm³/mol. The minimum Gasteiger partial charge on any atom is -0.383 e. The maximum Gasteiger partial charge on any atom is 0.258 e. The molecule has 0 saturated carbocycles. The first kappa shape index (κ1) is 39.9. The maximum atomic E-state index is 13.0. The maximum absolute atomic E-state index is 13.0. The van der Waals surface area contributed by atoms with E-state index in [9.17, 15) is 19.2 Å². The molecule has 6 rings (SSSR count). The third-order valence-corrected chi connectivity index (χ3v) is 9.84. The zero-order valence-corrected chi connectivity index (χ0v) is 33.1. The normalized spacial score (nSPS) is 18.1. The Hall–Kier alpha value is -5.30. The Labute approximate surface area is 321 Å². The van der Waals surface area contributed by atoms with E-state index in [1.165, 1.54) is 26.5 Å². The molecular weight excluding hydrogens is 671 g/mol. The molecule has 0 N–H and O–H groups in total. The zero-order chi connectivity index (χ0) is 39.2. The van der Waals surface area contributed by atoms with Gasteiger partial charge in [-0.1, -0.05) is 151 Å². The number of nitrogens with zero attached hydrogens (tertiary/aromatic N) is 3. The van der Waals surface area contributed by atoms with E-state index in [-0.39, 0.29) is 35.7 Å². The van der Waals surface area contributed by atoms with Gasteiger partial charge in [0.05, 0.1) is 0 Å². The number of benzene rings is 4. The van der Waals surface area contributed by atoms with E-state index in [1.807, 2.05) is 103 Å². The van der Waals surface area contributed by atoms with Gasteiger partial charge in [0.1, 0.15) is 0 Å². The van der Waals surface area contributed by atoms with Gasteiger partial charge in [-0.05, 0) is 52.6 Å². The van der Waals surface area contributed by atoms with Gasteiger partial charge in [-0.3, -0.25) is 29.0 Å². The third kappa shape index (κ3) is 9.81. The Kier molecular flexibility index (Phi) is 12.4.